The summed E-state index contributed by atoms with van der Waals surface area (Å²) < 4.78 is 0. The van der Waals surface area contributed by atoms with Crippen molar-refractivity contribution in [2.45, 2.75) is 71.4 Å². The van der Waals surface area contributed by atoms with Gasteiger partial charge in [-0.2, -0.15) is 0 Å². The fourth-order valence-electron chi connectivity index (χ4n) is 3.89. The molecule has 1 unspecified atom stereocenters. The number of anilines is 1. The first-order chi connectivity index (χ1) is 19.3. The Kier molecular flexibility index (Phi) is 12.4. The highest BCUT2D eigenvalue weighted by molar-refractivity contribution is 5.98. The number of rotatable bonds is 14. The molecule has 0 saturated carbocycles. The van der Waals surface area contributed by atoms with Crippen LogP contribution in [0.2, 0.25) is 0 Å². The standard InChI is InChI=1S/C28H38N6O7/c1-15(2)24(33-27(39)23(31-18(5)35)14-19-6-12-22(36)13-7-19)28(40)30-16(3)25(37)29-17(4)26(38)32-20-8-10-21(34-41)11-9-20/h6-13,15-17,23-24,27,33,36,39H,14H2,1-5H3,(H,29,37)(H,30,40)(H,31,35)(H,32,38)/t16-,17-,23?,24-,27-/m0/s1. The molecule has 2 aromatic carbocycles. The van der Waals surface area contributed by atoms with Crippen molar-refractivity contribution in [2.75, 3.05) is 5.32 Å². The second-order valence-electron chi connectivity index (χ2n) is 10.1. The molecule has 0 saturated heterocycles. The number of nitrogens with one attached hydrogen (secondary N) is 5. The molecule has 0 aliphatic carbocycles. The van der Waals surface area contributed by atoms with Crippen LogP contribution >= 0.6 is 0 Å². The maximum Gasteiger partial charge on any atom is 0.246 e. The molecule has 5 atom stereocenters. The molecule has 0 bridgehead atoms. The Balaban J connectivity index is 1.98. The van der Waals surface area contributed by atoms with Crippen molar-refractivity contribution in [2.24, 2.45) is 11.1 Å². The van der Waals surface area contributed by atoms with E-state index < -0.39 is 48.1 Å². The lowest BCUT2D eigenvalue weighted by molar-refractivity contribution is -0.132. The zero-order valence-corrected chi connectivity index (χ0v) is 23.7. The summed E-state index contributed by atoms with van der Waals surface area (Å²) in [5, 5.41) is 36.5. The quantitative estimate of drug-likeness (QED) is 0.131. The van der Waals surface area contributed by atoms with E-state index in [1.807, 2.05) is 0 Å². The smallest absolute Gasteiger partial charge is 0.246 e. The van der Waals surface area contributed by atoms with Gasteiger partial charge in [-0.05, 0) is 73.3 Å². The van der Waals surface area contributed by atoms with Gasteiger partial charge in [-0.15, -0.1) is 4.91 Å². The summed E-state index contributed by atoms with van der Waals surface area (Å²) >= 11 is 0. The number of nitroso groups, excluding NO2 is 1. The molecular weight excluding hydrogens is 532 g/mol. The van der Waals surface area contributed by atoms with Crippen molar-refractivity contribution in [1.82, 2.24) is 21.3 Å². The first-order valence-corrected chi connectivity index (χ1v) is 13.1. The molecule has 0 aliphatic rings. The molecule has 0 aromatic heterocycles. The highest BCUT2D eigenvalue weighted by atomic mass is 16.3. The van der Waals surface area contributed by atoms with Crippen molar-refractivity contribution in [1.29, 1.82) is 0 Å². The number of phenolic OH excluding ortho intramolecular Hbond substituents is 1. The molecule has 2 aromatic rings. The lowest BCUT2D eigenvalue weighted by Crippen LogP contribution is -2.60. The maximum atomic E-state index is 13.1. The Morgan fingerprint density at radius 1 is 0.805 bits per heavy atom. The zero-order valence-electron chi connectivity index (χ0n) is 23.7. The van der Waals surface area contributed by atoms with Crippen LogP contribution in [0.1, 0.15) is 40.2 Å². The molecule has 0 radical (unpaired) electrons. The van der Waals surface area contributed by atoms with E-state index in [1.165, 1.54) is 57.2 Å². The molecule has 2 rings (SSSR count). The van der Waals surface area contributed by atoms with Gasteiger partial charge in [0.2, 0.25) is 23.6 Å². The summed E-state index contributed by atoms with van der Waals surface area (Å²) in [5.41, 5.74) is 1.36. The molecule has 13 nitrogen and oxygen atoms in total. The lowest BCUT2D eigenvalue weighted by atomic mass is 10.00. The van der Waals surface area contributed by atoms with Crippen LogP contribution in [-0.2, 0) is 25.6 Å². The number of nitrogens with zero attached hydrogens (tertiary/aromatic N) is 1. The van der Waals surface area contributed by atoms with E-state index in [1.54, 1.807) is 26.0 Å². The normalized spacial score (nSPS) is 14.6. The van der Waals surface area contributed by atoms with Gasteiger partial charge in [-0.25, -0.2) is 0 Å². The second kappa shape index (κ2) is 15.4. The molecule has 0 fully saturated rings. The van der Waals surface area contributed by atoms with Gasteiger partial charge in [0.15, 0.2) is 0 Å². The fraction of sp³-hybridized carbons (Fsp3) is 0.429. The number of hydrogen-bond donors (Lipinski definition) is 7. The number of carbonyl (C=O) groups is 4. The van der Waals surface area contributed by atoms with Gasteiger partial charge in [-0.1, -0.05) is 26.0 Å². The highest BCUT2D eigenvalue weighted by Gasteiger charge is 2.31. The molecule has 4 amide bonds. The number of aliphatic hydroxyl groups is 1. The topological polar surface area (TPSA) is 198 Å². The minimum atomic E-state index is -1.32. The van der Waals surface area contributed by atoms with Gasteiger partial charge in [-0.3, -0.25) is 24.5 Å². The number of aromatic hydroxyl groups is 1. The van der Waals surface area contributed by atoms with Crippen LogP contribution in [0.3, 0.4) is 0 Å². The lowest BCUT2D eigenvalue weighted by Gasteiger charge is -2.31. The van der Waals surface area contributed by atoms with E-state index in [2.05, 4.69) is 31.8 Å². The maximum absolute atomic E-state index is 13.1. The summed E-state index contributed by atoms with van der Waals surface area (Å²) in [4.78, 5) is 60.6. The first-order valence-electron chi connectivity index (χ1n) is 13.1. The summed E-state index contributed by atoms with van der Waals surface area (Å²) in [6, 6.07) is 8.49. The Bertz CT molecular complexity index is 1200. The average Bonchev–Trinajstić information content (AvgIpc) is 2.92. The number of phenols is 1. The Morgan fingerprint density at radius 2 is 1.37 bits per heavy atom. The van der Waals surface area contributed by atoms with Gasteiger partial charge >= 0.3 is 0 Å². The molecule has 222 valence electrons. The summed E-state index contributed by atoms with van der Waals surface area (Å²) in [7, 11) is 0. The number of benzene rings is 2. The van der Waals surface area contributed by atoms with Gasteiger partial charge < -0.3 is 31.5 Å². The van der Waals surface area contributed by atoms with Gasteiger partial charge in [0, 0.05) is 12.6 Å². The van der Waals surface area contributed by atoms with Crippen molar-refractivity contribution < 1.29 is 29.4 Å². The van der Waals surface area contributed by atoms with Gasteiger partial charge in [0.05, 0.1) is 12.1 Å². The molecule has 0 aliphatic heterocycles. The molecule has 41 heavy (non-hydrogen) atoms. The van der Waals surface area contributed by atoms with Gasteiger partial charge in [0.1, 0.15) is 29.7 Å². The third-order valence-electron chi connectivity index (χ3n) is 6.21. The van der Waals surface area contributed by atoms with Crippen LogP contribution in [-0.4, -0.2) is 64.2 Å². The predicted molar refractivity (Wildman–Crippen MR) is 153 cm³/mol. The van der Waals surface area contributed by atoms with Crippen LogP contribution in [0.4, 0.5) is 11.4 Å². The first kappa shape index (κ1) is 32.8. The third kappa shape index (κ3) is 10.6. The number of aliphatic hydroxyl groups excluding tert-OH is 1. The van der Waals surface area contributed by atoms with Crippen LogP contribution in [0.5, 0.6) is 5.75 Å². The number of amides is 4. The van der Waals surface area contributed by atoms with Crippen LogP contribution in [0.15, 0.2) is 53.7 Å². The summed E-state index contributed by atoms with van der Waals surface area (Å²) in [6.07, 6.45) is -1.10. The molecule has 13 heteroatoms. The van der Waals surface area contributed by atoms with E-state index in [0.29, 0.717) is 5.69 Å². The SMILES string of the molecule is CC(=O)NC(Cc1ccc(O)cc1)[C@H](O)N[C@H](C(=O)N[C@@H](C)C(=O)N[C@@H](C)C(=O)Nc1ccc(N=O)cc1)C(C)C. The van der Waals surface area contributed by atoms with Crippen molar-refractivity contribution in [3.05, 3.63) is 59.0 Å². The predicted octanol–water partition coefficient (Wildman–Crippen LogP) is 1.42. The minimum absolute atomic E-state index is 0.0800. The van der Waals surface area contributed by atoms with E-state index in [-0.39, 0.29) is 29.7 Å². The van der Waals surface area contributed by atoms with Crippen molar-refractivity contribution in [3.63, 3.8) is 0 Å². The van der Waals surface area contributed by atoms with E-state index in [0.717, 1.165) is 5.56 Å². The Labute approximate surface area is 238 Å². The minimum Gasteiger partial charge on any atom is -0.508 e. The zero-order chi connectivity index (χ0) is 30.7. The van der Waals surface area contributed by atoms with Crippen LogP contribution in [0.25, 0.3) is 0 Å². The fourth-order valence-corrected chi connectivity index (χ4v) is 3.89. The Hall–Kier alpha value is -4.36. The van der Waals surface area contributed by atoms with Crippen LogP contribution in [0, 0.1) is 10.8 Å². The van der Waals surface area contributed by atoms with Crippen molar-refractivity contribution >= 4 is 35.0 Å². The summed E-state index contributed by atoms with van der Waals surface area (Å²) in [5.74, 6) is -2.28. The monoisotopic (exact) mass is 570 g/mol. The summed E-state index contributed by atoms with van der Waals surface area (Å²) in [6.45, 7) is 7.76. The number of hydrogen-bond acceptors (Lipinski definition) is 9. The highest BCUT2D eigenvalue weighted by Crippen LogP contribution is 2.16. The molecular formula is C28H38N6O7. The van der Waals surface area contributed by atoms with E-state index in [4.69, 9.17) is 0 Å². The average molecular weight is 571 g/mol. The van der Waals surface area contributed by atoms with Crippen molar-refractivity contribution in [3.8, 4) is 5.75 Å². The van der Waals surface area contributed by atoms with E-state index >= 15 is 0 Å². The molecule has 0 spiro atoms. The second-order valence-corrected chi connectivity index (χ2v) is 10.1. The molecule has 7 N–H and O–H groups in total. The number of carbonyl (C=O) groups excluding carboxylic acids is 4. The third-order valence-corrected chi connectivity index (χ3v) is 6.21. The van der Waals surface area contributed by atoms with E-state index in [9.17, 15) is 34.3 Å². The Morgan fingerprint density at radius 3 is 1.90 bits per heavy atom. The molecule has 0 heterocycles. The largest absolute Gasteiger partial charge is 0.508 e. The van der Waals surface area contributed by atoms with Crippen LogP contribution < -0.4 is 26.6 Å². The van der Waals surface area contributed by atoms with Gasteiger partial charge in [0.25, 0.3) is 0 Å².